The number of phenolic OH excluding ortho intramolecular Hbond substituents is 1. The summed E-state index contributed by atoms with van der Waals surface area (Å²) >= 11 is 0. The molecule has 0 atom stereocenters. The molecule has 2 aromatic rings. The number of benzene rings is 2. The standard InChI is InChI=1S/C25H25NO3/c1-16-7-9-17(10-8-16)19-11-12-25(2,3)23-20(19)14-18(15-22(23)27)21-6-4-5-13-26(21)24(28)29/h4-11,14-15,27H,12-13H2,1-3H3,(H,28,29). The second-order valence-corrected chi connectivity index (χ2v) is 8.36. The number of carbonyl (C=O) groups is 1. The molecule has 4 rings (SSSR count). The van der Waals surface area contributed by atoms with Crippen LogP contribution in [0.4, 0.5) is 4.79 Å². The monoisotopic (exact) mass is 387 g/mol. The van der Waals surface area contributed by atoms with Crippen LogP contribution in [0.1, 0.15) is 48.1 Å². The molecule has 2 aromatic carbocycles. The van der Waals surface area contributed by atoms with Crippen LogP contribution in [0, 0.1) is 6.92 Å². The van der Waals surface area contributed by atoms with Crippen LogP contribution in [0.2, 0.25) is 0 Å². The summed E-state index contributed by atoms with van der Waals surface area (Å²) in [7, 11) is 0. The van der Waals surface area contributed by atoms with Gasteiger partial charge < -0.3 is 10.2 Å². The quantitative estimate of drug-likeness (QED) is 0.694. The van der Waals surface area contributed by atoms with E-state index in [9.17, 15) is 15.0 Å². The van der Waals surface area contributed by atoms with Gasteiger partial charge in [0.25, 0.3) is 0 Å². The predicted octanol–water partition coefficient (Wildman–Crippen LogP) is 5.70. The fraction of sp³-hybridized carbons (Fsp3) is 0.240. The van der Waals surface area contributed by atoms with Gasteiger partial charge in [-0.25, -0.2) is 4.79 Å². The molecule has 0 bridgehead atoms. The third-order valence-corrected chi connectivity index (χ3v) is 5.76. The lowest BCUT2D eigenvalue weighted by molar-refractivity contribution is 0.169. The van der Waals surface area contributed by atoms with E-state index >= 15 is 0 Å². The summed E-state index contributed by atoms with van der Waals surface area (Å²) in [6, 6.07) is 12.1. The van der Waals surface area contributed by atoms with Gasteiger partial charge in [0.15, 0.2) is 0 Å². The molecule has 4 nitrogen and oxygen atoms in total. The summed E-state index contributed by atoms with van der Waals surface area (Å²) in [6.45, 7) is 6.61. The van der Waals surface area contributed by atoms with Gasteiger partial charge in [0.1, 0.15) is 5.75 Å². The molecule has 4 heteroatoms. The largest absolute Gasteiger partial charge is 0.508 e. The highest BCUT2D eigenvalue weighted by molar-refractivity contribution is 5.89. The van der Waals surface area contributed by atoms with Gasteiger partial charge in [0, 0.05) is 17.7 Å². The van der Waals surface area contributed by atoms with Gasteiger partial charge in [-0.1, -0.05) is 61.9 Å². The molecule has 0 radical (unpaired) electrons. The average molecular weight is 387 g/mol. The number of allylic oxidation sites excluding steroid dienone is 3. The van der Waals surface area contributed by atoms with E-state index in [4.69, 9.17) is 0 Å². The minimum absolute atomic E-state index is 0.209. The van der Waals surface area contributed by atoms with Crippen molar-refractivity contribution in [2.75, 3.05) is 6.54 Å². The number of hydrogen-bond acceptors (Lipinski definition) is 2. The van der Waals surface area contributed by atoms with E-state index < -0.39 is 6.09 Å². The number of hydrogen-bond donors (Lipinski definition) is 2. The second-order valence-electron chi connectivity index (χ2n) is 8.36. The summed E-state index contributed by atoms with van der Waals surface area (Å²) in [5, 5.41) is 20.6. The number of nitrogens with zero attached hydrogens (tertiary/aromatic N) is 1. The topological polar surface area (TPSA) is 60.8 Å². The number of carboxylic acid groups (broad SMARTS) is 1. The highest BCUT2D eigenvalue weighted by atomic mass is 16.4. The zero-order valence-corrected chi connectivity index (χ0v) is 16.9. The summed E-state index contributed by atoms with van der Waals surface area (Å²) in [4.78, 5) is 13.0. The molecule has 1 amide bonds. The highest BCUT2D eigenvalue weighted by Gasteiger charge is 2.33. The Morgan fingerprint density at radius 3 is 2.52 bits per heavy atom. The Kier molecular flexibility index (Phi) is 4.58. The van der Waals surface area contributed by atoms with Crippen LogP contribution < -0.4 is 0 Å². The van der Waals surface area contributed by atoms with Crippen molar-refractivity contribution < 1.29 is 15.0 Å². The SMILES string of the molecule is Cc1ccc(C2=CCC(C)(C)c3c(O)cc(C4=CC=CCN4C(=O)O)cc32)cc1. The van der Waals surface area contributed by atoms with Crippen molar-refractivity contribution >= 4 is 17.4 Å². The van der Waals surface area contributed by atoms with Crippen molar-refractivity contribution in [3.63, 3.8) is 0 Å². The Hall–Kier alpha value is -3.27. The smallest absolute Gasteiger partial charge is 0.412 e. The molecule has 0 aromatic heterocycles. The van der Waals surface area contributed by atoms with Gasteiger partial charge in [-0.15, -0.1) is 0 Å². The van der Waals surface area contributed by atoms with Crippen LogP contribution in [0.15, 0.2) is 60.7 Å². The first-order valence-electron chi connectivity index (χ1n) is 9.80. The van der Waals surface area contributed by atoms with E-state index in [0.717, 1.165) is 28.7 Å². The van der Waals surface area contributed by atoms with Gasteiger partial charge in [-0.3, -0.25) is 4.90 Å². The van der Waals surface area contributed by atoms with Crippen LogP contribution in [-0.2, 0) is 5.41 Å². The molecule has 0 unspecified atom stereocenters. The first-order valence-corrected chi connectivity index (χ1v) is 9.80. The van der Waals surface area contributed by atoms with Gasteiger partial charge in [-0.2, -0.15) is 0 Å². The second kappa shape index (κ2) is 6.96. The Morgan fingerprint density at radius 1 is 1.10 bits per heavy atom. The van der Waals surface area contributed by atoms with Gasteiger partial charge in [-0.05, 0) is 53.7 Å². The minimum atomic E-state index is -1.01. The van der Waals surface area contributed by atoms with E-state index in [1.54, 1.807) is 18.2 Å². The predicted molar refractivity (Wildman–Crippen MR) is 116 cm³/mol. The Morgan fingerprint density at radius 2 is 1.83 bits per heavy atom. The van der Waals surface area contributed by atoms with Crippen LogP contribution in [0.3, 0.4) is 0 Å². The molecular weight excluding hydrogens is 362 g/mol. The molecule has 148 valence electrons. The molecular formula is C25H25NO3. The first-order chi connectivity index (χ1) is 13.8. The number of amides is 1. The highest BCUT2D eigenvalue weighted by Crippen LogP contribution is 2.47. The summed E-state index contributed by atoms with van der Waals surface area (Å²) in [5.41, 5.74) is 6.29. The Bertz CT molecular complexity index is 1070. The normalized spacial score (nSPS) is 17.4. The number of aromatic hydroxyl groups is 1. The van der Waals surface area contributed by atoms with Crippen molar-refractivity contribution in [3.8, 4) is 5.75 Å². The molecule has 0 fully saturated rings. The van der Waals surface area contributed by atoms with E-state index in [-0.39, 0.29) is 11.2 Å². The maximum Gasteiger partial charge on any atom is 0.412 e. The van der Waals surface area contributed by atoms with E-state index in [1.807, 2.05) is 12.1 Å². The van der Waals surface area contributed by atoms with E-state index in [1.165, 1.54) is 10.5 Å². The Balaban J connectivity index is 1.91. The fourth-order valence-electron chi connectivity index (χ4n) is 4.22. The van der Waals surface area contributed by atoms with E-state index in [2.05, 4.69) is 51.1 Å². The zero-order chi connectivity index (χ0) is 20.8. The molecule has 2 aliphatic rings. The van der Waals surface area contributed by atoms with Crippen LogP contribution in [0.25, 0.3) is 11.3 Å². The molecule has 1 heterocycles. The van der Waals surface area contributed by atoms with Gasteiger partial charge in [0.05, 0.1) is 5.70 Å². The third-order valence-electron chi connectivity index (χ3n) is 5.76. The van der Waals surface area contributed by atoms with Crippen LogP contribution >= 0.6 is 0 Å². The summed E-state index contributed by atoms with van der Waals surface area (Å²) in [5.74, 6) is 0.209. The lowest BCUT2D eigenvalue weighted by atomic mass is 9.71. The fourth-order valence-corrected chi connectivity index (χ4v) is 4.22. The lowest BCUT2D eigenvalue weighted by Crippen LogP contribution is -2.29. The molecule has 2 N–H and O–H groups in total. The lowest BCUT2D eigenvalue weighted by Gasteiger charge is -2.34. The van der Waals surface area contributed by atoms with Crippen molar-refractivity contribution in [1.82, 2.24) is 4.90 Å². The van der Waals surface area contributed by atoms with Crippen LogP contribution in [-0.4, -0.2) is 27.8 Å². The van der Waals surface area contributed by atoms with Crippen molar-refractivity contribution in [2.24, 2.45) is 0 Å². The minimum Gasteiger partial charge on any atom is -0.508 e. The molecule has 29 heavy (non-hydrogen) atoms. The molecule has 0 spiro atoms. The van der Waals surface area contributed by atoms with Gasteiger partial charge >= 0.3 is 6.09 Å². The molecule has 1 aliphatic heterocycles. The van der Waals surface area contributed by atoms with Crippen molar-refractivity contribution in [1.29, 1.82) is 0 Å². The Labute approximate surface area is 171 Å². The van der Waals surface area contributed by atoms with E-state index in [0.29, 0.717) is 17.8 Å². The molecule has 0 saturated carbocycles. The summed E-state index contributed by atoms with van der Waals surface area (Å²) in [6.07, 6.45) is 7.47. The number of phenols is 1. The van der Waals surface area contributed by atoms with Crippen molar-refractivity contribution in [3.05, 3.63) is 88.5 Å². The number of rotatable bonds is 2. The molecule has 0 saturated heterocycles. The first kappa shape index (κ1) is 19.1. The maximum atomic E-state index is 11.7. The summed E-state index contributed by atoms with van der Waals surface area (Å²) < 4.78 is 0. The maximum absolute atomic E-state index is 11.7. The van der Waals surface area contributed by atoms with Crippen LogP contribution in [0.5, 0.6) is 5.75 Å². The van der Waals surface area contributed by atoms with Gasteiger partial charge in [0.2, 0.25) is 0 Å². The molecule has 1 aliphatic carbocycles. The average Bonchev–Trinajstić information content (AvgIpc) is 2.68. The number of aryl methyl sites for hydroxylation is 1. The third kappa shape index (κ3) is 3.35. The zero-order valence-electron chi connectivity index (χ0n) is 16.9. The van der Waals surface area contributed by atoms with Crippen molar-refractivity contribution in [2.45, 2.75) is 32.6 Å². The number of fused-ring (bicyclic) bond motifs is 1.